The Kier molecular flexibility index (Phi) is 11.1. The summed E-state index contributed by atoms with van der Waals surface area (Å²) in [5.74, 6) is 0.552. The number of methoxy groups -OCH3 is 1. The topological polar surface area (TPSA) is 69.2 Å². The Balaban J connectivity index is 0.00000392. The van der Waals surface area contributed by atoms with Crippen LogP contribution in [0.5, 0.6) is 0 Å². The Morgan fingerprint density at radius 2 is 1.89 bits per heavy atom. The van der Waals surface area contributed by atoms with Gasteiger partial charge in [-0.1, -0.05) is 0 Å². The Morgan fingerprint density at radius 3 is 2.46 bits per heavy atom. The van der Waals surface area contributed by atoms with Crippen LogP contribution >= 0.6 is 24.0 Å². The van der Waals surface area contributed by atoms with Crippen molar-refractivity contribution in [3.05, 3.63) is 30.1 Å². The quantitative estimate of drug-likeness (QED) is 0.334. The normalized spacial score (nSPS) is 15.6. The standard InChI is InChI=1S/C19H30FN5O2.HI/c1-15(14-27-3)23-19(21-2)22-9-8-18(26)25-12-10-24(11-13-25)17-6-4-16(20)5-7-17;/h4-7,15H,8-14H2,1-3H3,(H2,21,22,23);1H. The van der Waals surface area contributed by atoms with Crippen molar-refractivity contribution in [1.29, 1.82) is 0 Å². The molecule has 0 aliphatic carbocycles. The second-order valence-corrected chi connectivity index (χ2v) is 6.59. The zero-order valence-corrected chi connectivity index (χ0v) is 19.1. The number of hydrogen-bond donors (Lipinski definition) is 2. The molecule has 1 saturated heterocycles. The lowest BCUT2D eigenvalue weighted by molar-refractivity contribution is -0.131. The van der Waals surface area contributed by atoms with Crippen LogP contribution in [-0.4, -0.2) is 76.3 Å². The summed E-state index contributed by atoms with van der Waals surface area (Å²) in [6.07, 6.45) is 0.413. The highest BCUT2D eigenvalue weighted by molar-refractivity contribution is 14.0. The number of ether oxygens (including phenoxy) is 1. The number of anilines is 1. The maximum Gasteiger partial charge on any atom is 0.224 e. The number of carbonyl (C=O) groups is 1. The third-order valence-corrected chi connectivity index (χ3v) is 4.48. The molecular formula is C19H31FIN5O2. The molecule has 1 amide bonds. The number of piperazine rings is 1. The molecule has 1 atom stereocenters. The molecule has 1 aliphatic heterocycles. The Hall–Kier alpha value is -1.62. The molecule has 1 aromatic carbocycles. The summed E-state index contributed by atoms with van der Waals surface area (Å²) in [7, 11) is 3.36. The van der Waals surface area contributed by atoms with Gasteiger partial charge >= 0.3 is 0 Å². The number of benzene rings is 1. The summed E-state index contributed by atoms with van der Waals surface area (Å²) < 4.78 is 18.1. The Morgan fingerprint density at radius 1 is 1.25 bits per heavy atom. The van der Waals surface area contributed by atoms with E-state index in [1.807, 2.05) is 11.8 Å². The third-order valence-electron chi connectivity index (χ3n) is 4.48. The Labute approximate surface area is 183 Å². The fourth-order valence-corrected chi connectivity index (χ4v) is 3.03. The van der Waals surface area contributed by atoms with E-state index in [9.17, 15) is 9.18 Å². The minimum absolute atomic E-state index is 0. The van der Waals surface area contributed by atoms with E-state index in [0.717, 1.165) is 18.8 Å². The van der Waals surface area contributed by atoms with Gasteiger partial charge in [0.15, 0.2) is 5.96 Å². The fraction of sp³-hybridized carbons (Fsp3) is 0.579. The predicted molar refractivity (Wildman–Crippen MR) is 121 cm³/mol. The average Bonchev–Trinajstić information content (AvgIpc) is 2.68. The first-order valence-corrected chi connectivity index (χ1v) is 9.28. The zero-order valence-electron chi connectivity index (χ0n) is 16.8. The number of nitrogens with one attached hydrogen (secondary N) is 2. The van der Waals surface area contributed by atoms with Gasteiger partial charge in [-0.2, -0.15) is 0 Å². The van der Waals surface area contributed by atoms with Crippen molar-refractivity contribution in [2.24, 2.45) is 4.99 Å². The van der Waals surface area contributed by atoms with Crippen LogP contribution in [0.1, 0.15) is 13.3 Å². The largest absolute Gasteiger partial charge is 0.383 e. The molecule has 0 bridgehead atoms. The van der Waals surface area contributed by atoms with Gasteiger partial charge in [0.2, 0.25) is 5.91 Å². The lowest BCUT2D eigenvalue weighted by Gasteiger charge is -2.36. The first-order chi connectivity index (χ1) is 13.0. The predicted octanol–water partition coefficient (Wildman–Crippen LogP) is 1.68. The van der Waals surface area contributed by atoms with Crippen LogP contribution in [0.4, 0.5) is 10.1 Å². The number of hydrogen-bond acceptors (Lipinski definition) is 4. The number of amides is 1. The molecule has 1 fully saturated rings. The van der Waals surface area contributed by atoms with Crippen molar-refractivity contribution < 1.29 is 13.9 Å². The van der Waals surface area contributed by atoms with Crippen molar-refractivity contribution in [1.82, 2.24) is 15.5 Å². The van der Waals surface area contributed by atoms with Gasteiger partial charge in [0.25, 0.3) is 0 Å². The summed E-state index contributed by atoms with van der Waals surface area (Å²) in [6.45, 7) is 5.96. The fourth-order valence-electron chi connectivity index (χ4n) is 3.03. The molecule has 158 valence electrons. The van der Waals surface area contributed by atoms with Gasteiger partial charge in [-0.3, -0.25) is 9.79 Å². The molecular weight excluding hydrogens is 476 g/mol. The molecule has 1 unspecified atom stereocenters. The monoisotopic (exact) mass is 507 g/mol. The van der Waals surface area contributed by atoms with Crippen LogP contribution in [0.3, 0.4) is 0 Å². The molecule has 7 nitrogen and oxygen atoms in total. The highest BCUT2D eigenvalue weighted by atomic mass is 127. The number of rotatable bonds is 7. The molecule has 0 radical (unpaired) electrons. The molecule has 28 heavy (non-hydrogen) atoms. The van der Waals surface area contributed by atoms with Crippen LogP contribution in [0, 0.1) is 5.82 Å². The minimum atomic E-state index is -0.235. The number of aliphatic imine (C=N–C) groups is 1. The molecule has 2 N–H and O–H groups in total. The van der Waals surface area contributed by atoms with Crippen LogP contribution in [0.2, 0.25) is 0 Å². The molecule has 1 aliphatic rings. The zero-order chi connectivity index (χ0) is 19.6. The van der Waals surface area contributed by atoms with Gasteiger partial charge in [0.05, 0.1) is 6.61 Å². The lowest BCUT2D eigenvalue weighted by atomic mass is 10.2. The lowest BCUT2D eigenvalue weighted by Crippen LogP contribution is -2.50. The van der Waals surface area contributed by atoms with E-state index in [4.69, 9.17) is 4.74 Å². The van der Waals surface area contributed by atoms with E-state index in [2.05, 4.69) is 20.5 Å². The van der Waals surface area contributed by atoms with E-state index in [1.165, 1.54) is 12.1 Å². The van der Waals surface area contributed by atoms with E-state index < -0.39 is 0 Å². The SMILES string of the molecule is CN=C(NCCC(=O)N1CCN(c2ccc(F)cc2)CC1)NC(C)COC.I. The van der Waals surface area contributed by atoms with Crippen molar-refractivity contribution >= 4 is 41.5 Å². The number of nitrogens with zero attached hydrogens (tertiary/aromatic N) is 3. The number of carbonyl (C=O) groups excluding carboxylic acids is 1. The van der Waals surface area contributed by atoms with Gasteiger partial charge in [-0.25, -0.2) is 4.39 Å². The molecule has 9 heteroatoms. The highest BCUT2D eigenvalue weighted by Crippen LogP contribution is 2.17. The highest BCUT2D eigenvalue weighted by Gasteiger charge is 2.21. The van der Waals surface area contributed by atoms with Crippen molar-refractivity contribution in [2.75, 3.05) is 58.4 Å². The van der Waals surface area contributed by atoms with Crippen molar-refractivity contribution in [3.63, 3.8) is 0 Å². The summed E-state index contributed by atoms with van der Waals surface area (Å²) in [4.78, 5) is 20.6. The molecule has 2 rings (SSSR count). The first-order valence-electron chi connectivity index (χ1n) is 9.28. The summed E-state index contributed by atoms with van der Waals surface area (Å²) in [5.41, 5.74) is 0.991. The van der Waals surface area contributed by atoms with Crippen molar-refractivity contribution in [3.8, 4) is 0 Å². The van der Waals surface area contributed by atoms with Crippen LogP contribution in [0.15, 0.2) is 29.3 Å². The smallest absolute Gasteiger partial charge is 0.224 e. The van der Waals surface area contributed by atoms with Crippen molar-refractivity contribution in [2.45, 2.75) is 19.4 Å². The molecule has 0 aromatic heterocycles. The van der Waals surface area contributed by atoms with Gasteiger partial charge in [-0.15, -0.1) is 24.0 Å². The van der Waals surface area contributed by atoms with Crippen LogP contribution < -0.4 is 15.5 Å². The maximum absolute atomic E-state index is 13.0. The van der Waals surface area contributed by atoms with Gasteiger partial charge < -0.3 is 25.2 Å². The summed E-state index contributed by atoms with van der Waals surface area (Å²) >= 11 is 0. The van der Waals surface area contributed by atoms with E-state index in [0.29, 0.717) is 38.6 Å². The summed E-state index contributed by atoms with van der Waals surface area (Å²) in [5, 5.41) is 6.36. The maximum atomic E-state index is 13.0. The van der Waals surface area contributed by atoms with Gasteiger partial charge in [0.1, 0.15) is 5.82 Å². The molecule has 1 aromatic rings. The second-order valence-electron chi connectivity index (χ2n) is 6.59. The first kappa shape index (κ1) is 24.4. The van der Waals surface area contributed by atoms with Crippen LogP contribution in [-0.2, 0) is 9.53 Å². The molecule has 0 spiro atoms. The number of halogens is 2. The van der Waals surface area contributed by atoms with Gasteiger partial charge in [0, 0.05) is 65.0 Å². The third kappa shape index (κ3) is 7.78. The second kappa shape index (κ2) is 12.8. The minimum Gasteiger partial charge on any atom is -0.383 e. The van der Waals surface area contributed by atoms with Gasteiger partial charge in [-0.05, 0) is 31.2 Å². The summed E-state index contributed by atoms with van der Waals surface area (Å²) in [6, 6.07) is 6.62. The van der Waals surface area contributed by atoms with E-state index in [1.54, 1.807) is 26.3 Å². The van der Waals surface area contributed by atoms with E-state index >= 15 is 0 Å². The average molecular weight is 507 g/mol. The Bertz CT molecular complexity index is 621. The number of guanidine groups is 1. The molecule has 0 saturated carbocycles. The van der Waals surface area contributed by atoms with E-state index in [-0.39, 0.29) is 41.7 Å². The van der Waals surface area contributed by atoms with Crippen LogP contribution in [0.25, 0.3) is 0 Å². The molecule has 1 heterocycles.